The third-order valence-electron chi connectivity index (χ3n) is 10.5. The van der Waals surface area contributed by atoms with Gasteiger partial charge >= 0.3 is 0 Å². The van der Waals surface area contributed by atoms with Crippen LogP contribution in [0.5, 0.6) is 23.0 Å². The van der Waals surface area contributed by atoms with E-state index in [1.807, 2.05) is 19.9 Å². The average molecular weight is 787 g/mol. The summed E-state index contributed by atoms with van der Waals surface area (Å²) in [4.78, 5) is 25.2. The summed E-state index contributed by atoms with van der Waals surface area (Å²) in [5.74, 6) is 1.13. The molecule has 6 N–H and O–H groups in total. The van der Waals surface area contributed by atoms with E-state index < -0.39 is 0 Å². The molecule has 0 saturated heterocycles. The molecule has 4 rings (SSSR count). The number of allylic oxidation sites excluding steroid dienone is 4. The third kappa shape index (κ3) is 11.5. The average Bonchev–Trinajstić information content (AvgIpc) is 3.20. The molecule has 0 amide bonds. The molecule has 8 heteroatoms. The second kappa shape index (κ2) is 20.9. The zero-order valence-electron chi connectivity index (χ0n) is 35.6. The summed E-state index contributed by atoms with van der Waals surface area (Å²) in [6.45, 7) is 25.1. The van der Waals surface area contributed by atoms with E-state index in [0.717, 1.165) is 35.1 Å². The SMILES string of the molecule is C=CCc1cc(CC=C)c(OCC)c(C=CC(=O)c2ccc(N)cc2)c1O.CCOc1c(C(C)(C)CC)cc(C(C)(C)CC)c(O)c1C=CC(=O)c1ccc(N)cc1. The second-order valence-electron chi connectivity index (χ2n) is 15.3. The smallest absolute Gasteiger partial charge is 0.185 e. The van der Waals surface area contributed by atoms with Gasteiger partial charge in [0.1, 0.15) is 23.0 Å². The van der Waals surface area contributed by atoms with Crippen molar-refractivity contribution in [1.29, 1.82) is 0 Å². The van der Waals surface area contributed by atoms with Crippen molar-refractivity contribution in [3.05, 3.63) is 143 Å². The van der Waals surface area contributed by atoms with E-state index in [9.17, 15) is 19.8 Å². The summed E-state index contributed by atoms with van der Waals surface area (Å²) >= 11 is 0. The summed E-state index contributed by atoms with van der Waals surface area (Å²) in [5, 5.41) is 22.0. The molecule has 0 aromatic heterocycles. The monoisotopic (exact) mass is 786 g/mol. The fraction of sp³-hybridized carbons (Fsp3) is 0.320. The maximum atomic E-state index is 12.7. The number of nitrogens with two attached hydrogens (primary N) is 2. The lowest BCUT2D eigenvalue weighted by molar-refractivity contribution is 0.103. The first-order valence-corrected chi connectivity index (χ1v) is 19.9. The van der Waals surface area contributed by atoms with Gasteiger partial charge in [-0.2, -0.15) is 0 Å². The number of phenolic OH excluding ortho intramolecular Hbond substituents is 2. The van der Waals surface area contributed by atoms with Crippen molar-refractivity contribution in [1.82, 2.24) is 0 Å². The number of phenols is 2. The van der Waals surface area contributed by atoms with E-state index >= 15 is 0 Å². The van der Waals surface area contributed by atoms with Gasteiger partial charge in [0.15, 0.2) is 11.6 Å². The molecule has 0 radical (unpaired) electrons. The Morgan fingerprint density at radius 2 is 1.03 bits per heavy atom. The number of benzene rings is 4. The highest BCUT2D eigenvalue weighted by molar-refractivity contribution is 6.08. The molecule has 58 heavy (non-hydrogen) atoms. The second-order valence-corrected chi connectivity index (χ2v) is 15.3. The fourth-order valence-electron chi connectivity index (χ4n) is 6.22. The molecule has 0 heterocycles. The molecule has 0 aliphatic heterocycles. The maximum absolute atomic E-state index is 12.7. The Kier molecular flexibility index (Phi) is 16.7. The van der Waals surface area contributed by atoms with Crippen LogP contribution < -0.4 is 20.9 Å². The van der Waals surface area contributed by atoms with Gasteiger partial charge in [-0.1, -0.05) is 53.7 Å². The number of hydrogen-bond acceptors (Lipinski definition) is 8. The van der Waals surface area contributed by atoms with Crippen LogP contribution in [0.1, 0.15) is 122 Å². The van der Waals surface area contributed by atoms with Gasteiger partial charge in [-0.15, -0.1) is 13.2 Å². The van der Waals surface area contributed by atoms with Crippen LogP contribution in [-0.2, 0) is 23.7 Å². The van der Waals surface area contributed by atoms with Gasteiger partial charge in [-0.05, 0) is 146 Å². The molecule has 0 aliphatic rings. The van der Waals surface area contributed by atoms with Gasteiger partial charge in [0, 0.05) is 33.6 Å². The summed E-state index contributed by atoms with van der Waals surface area (Å²) in [6, 6.07) is 17.5. The molecule has 0 atom stereocenters. The number of carbonyl (C=O) groups excluding carboxylic acids is 2. The summed E-state index contributed by atoms with van der Waals surface area (Å²) in [5.41, 5.74) is 17.9. The lowest BCUT2D eigenvalue weighted by atomic mass is 9.74. The van der Waals surface area contributed by atoms with Crippen LogP contribution in [0.15, 0.2) is 98.1 Å². The number of carbonyl (C=O) groups is 2. The summed E-state index contributed by atoms with van der Waals surface area (Å²) in [6.07, 6.45) is 12.6. The van der Waals surface area contributed by atoms with E-state index in [4.69, 9.17) is 20.9 Å². The summed E-state index contributed by atoms with van der Waals surface area (Å²) in [7, 11) is 0. The highest BCUT2D eigenvalue weighted by Crippen LogP contribution is 2.47. The Labute approximate surface area is 345 Å². The quantitative estimate of drug-likeness (QED) is 0.0337. The van der Waals surface area contributed by atoms with E-state index in [1.165, 1.54) is 12.2 Å². The van der Waals surface area contributed by atoms with Gasteiger partial charge in [0.25, 0.3) is 0 Å². The van der Waals surface area contributed by atoms with Gasteiger partial charge in [0.2, 0.25) is 0 Å². The van der Waals surface area contributed by atoms with E-state index in [-0.39, 0.29) is 33.9 Å². The zero-order chi connectivity index (χ0) is 43.2. The van der Waals surface area contributed by atoms with Crippen molar-refractivity contribution in [3.63, 3.8) is 0 Å². The first-order valence-electron chi connectivity index (χ1n) is 19.9. The highest BCUT2D eigenvalue weighted by atomic mass is 16.5. The Morgan fingerprint density at radius 1 is 0.621 bits per heavy atom. The highest BCUT2D eigenvalue weighted by Gasteiger charge is 2.32. The molecule has 308 valence electrons. The van der Waals surface area contributed by atoms with Crippen molar-refractivity contribution in [2.45, 2.75) is 91.9 Å². The Hall–Kier alpha value is -6.02. The van der Waals surface area contributed by atoms with Crippen LogP contribution in [0, 0.1) is 0 Å². The topological polar surface area (TPSA) is 145 Å². The van der Waals surface area contributed by atoms with Gasteiger partial charge in [0.05, 0.1) is 24.3 Å². The van der Waals surface area contributed by atoms with Crippen LogP contribution in [0.2, 0.25) is 0 Å². The standard InChI is InChI=1S/C27H37NO3.C23H25NO3/c1-8-26(4,5)21-17-22(27(6,7)9-2)25(31-10-3)20(24(21)30)15-16-23(29)18-11-13-19(28)14-12-18;1-4-7-17-15-18(8-5-2)23(27-6-3)20(22(17)26)13-14-21(25)16-9-11-19(24)12-10-16/h11-17,30H,8-10,28H2,1-7H3;4-5,9-15,26H,1-2,6-8,24H2,3H3. The lowest BCUT2D eigenvalue weighted by Gasteiger charge is -2.32. The van der Waals surface area contributed by atoms with E-state index in [0.29, 0.717) is 71.2 Å². The molecular weight excluding hydrogens is 725 g/mol. The normalized spacial score (nSPS) is 11.6. The van der Waals surface area contributed by atoms with Crippen LogP contribution in [-0.4, -0.2) is 35.0 Å². The minimum Gasteiger partial charge on any atom is -0.507 e. The molecule has 4 aromatic rings. The first-order chi connectivity index (χ1) is 27.5. The molecule has 8 nitrogen and oxygen atoms in total. The molecular formula is C50H62N2O6. The molecule has 0 bridgehead atoms. The Balaban J connectivity index is 0.000000313. The third-order valence-corrected chi connectivity index (χ3v) is 10.5. The van der Waals surface area contributed by atoms with Crippen LogP contribution >= 0.6 is 0 Å². The van der Waals surface area contributed by atoms with Gasteiger partial charge in [-0.3, -0.25) is 9.59 Å². The molecule has 0 aliphatic carbocycles. The molecule has 0 spiro atoms. The summed E-state index contributed by atoms with van der Waals surface area (Å²) < 4.78 is 11.8. The lowest BCUT2D eigenvalue weighted by Crippen LogP contribution is -2.22. The largest absolute Gasteiger partial charge is 0.507 e. The Morgan fingerprint density at radius 3 is 1.47 bits per heavy atom. The number of nitrogen functional groups attached to an aromatic ring is 2. The first kappa shape index (κ1) is 46.4. The number of ketones is 2. The van der Waals surface area contributed by atoms with Gasteiger partial charge in [-0.25, -0.2) is 0 Å². The van der Waals surface area contributed by atoms with E-state index in [2.05, 4.69) is 60.8 Å². The number of ether oxygens (including phenoxy) is 2. The zero-order valence-corrected chi connectivity index (χ0v) is 35.6. The van der Waals surface area contributed by atoms with Crippen molar-refractivity contribution >= 4 is 35.1 Å². The van der Waals surface area contributed by atoms with Crippen LogP contribution in [0.25, 0.3) is 12.2 Å². The fourth-order valence-corrected chi connectivity index (χ4v) is 6.22. The van der Waals surface area contributed by atoms with Crippen LogP contribution in [0.4, 0.5) is 11.4 Å². The molecule has 0 fully saturated rings. The predicted molar refractivity (Wildman–Crippen MR) is 241 cm³/mol. The predicted octanol–water partition coefficient (Wildman–Crippen LogP) is 11.4. The molecule has 0 saturated carbocycles. The minimum atomic E-state index is -0.225. The molecule has 0 unspecified atom stereocenters. The van der Waals surface area contributed by atoms with Crippen LogP contribution in [0.3, 0.4) is 0 Å². The maximum Gasteiger partial charge on any atom is 0.185 e. The van der Waals surface area contributed by atoms with E-state index in [1.54, 1.807) is 72.8 Å². The van der Waals surface area contributed by atoms with Crippen molar-refractivity contribution in [3.8, 4) is 23.0 Å². The van der Waals surface area contributed by atoms with Crippen molar-refractivity contribution in [2.75, 3.05) is 24.7 Å². The van der Waals surface area contributed by atoms with Crippen molar-refractivity contribution < 1.29 is 29.3 Å². The number of rotatable bonds is 18. The number of hydrogen-bond donors (Lipinski definition) is 4. The molecule has 4 aromatic carbocycles. The number of aromatic hydroxyl groups is 2. The van der Waals surface area contributed by atoms with Gasteiger partial charge < -0.3 is 31.2 Å². The number of anilines is 2. The van der Waals surface area contributed by atoms with Crippen molar-refractivity contribution in [2.24, 2.45) is 0 Å². The Bertz CT molecular complexity index is 2120. The minimum absolute atomic E-state index is 0.0903.